The minimum atomic E-state index is -0.472. The van der Waals surface area contributed by atoms with Crippen LogP contribution in [-0.2, 0) is 10.3 Å². The number of hydrogen-bond acceptors (Lipinski definition) is 3. The summed E-state index contributed by atoms with van der Waals surface area (Å²) in [7, 11) is 1.66. The van der Waals surface area contributed by atoms with Crippen LogP contribution in [0, 0.1) is 0 Å². The van der Waals surface area contributed by atoms with Gasteiger partial charge >= 0.3 is 0 Å². The molecule has 2 rings (SSSR count). The van der Waals surface area contributed by atoms with Crippen molar-refractivity contribution in [1.82, 2.24) is 5.32 Å². The Morgan fingerprint density at radius 1 is 1.26 bits per heavy atom. The summed E-state index contributed by atoms with van der Waals surface area (Å²) >= 11 is 0. The fourth-order valence-electron chi connectivity index (χ4n) is 2.84. The number of ether oxygens (including phenoxy) is 1. The normalized spacial score (nSPS) is 23.4. The number of nitrogens with one attached hydrogen (secondary N) is 1. The Hall–Kier alpha value is -1.35. The molecule has 0 amide bonds. The van der Waals surface area contributed by atoms with Crippen molar-refractivity contribution >= 4 is 5.78 Å². The Morgan fingerprint density at radius 2 is 2.00 bits per heavy atom. The lowest BCUT2D eigenvalue weighted by atomic mass is 9.75. The van der Waals surface area contributed by atoms with Gasteiger partial charge in [-0.2, -0.15) is 0 Å². The minimum absolute atomic E-state index is 0.331. The molecule has 0 radical (unpaired) electrons. The Labute approximate surface area is 115 Å². The first-order valence-corrected chi connectivity index (χ1v) is 7.16. The molecular formula is C16H23NO2. The minimum Gasteiger partial charge on any atom is -0.497 e. The predicted octanol–water partition coefficient (Wildman–Crippen LogP) is 3.03. The van der Waals surface area contributed by atoms with Crippen LogP contribution in [0.15, 0.2) is 24.3 Å². The topological polar surface area (TPSA) is 38.3 Å². The smallest absolute Gasteiger partial charge is 0.157 e. The SMILES string of the molecule is CCCN[C@]1(c2ccc(OC)cc2)CCCCC1=O. The average molecular weight is 261 g/mol. The molecule has 1 aromatic rings. The van der Waals surface area contributed by atoms with Crippen LogP contribution in [0.25, 0.3) is 0 Å². The molecule has 19 heavy (non-hydrogen) atoms. The van der Waals surface area contributed by atoms with Gasteiger partial charge in [0.25, 0.3) is 0 Å². The van der Waals surface area contributed by atoms with Gasteiger partial charge in [-0.15, -0.1) is 0 Å². The van der Waals surface area contributed by atoms with Gasteiger partial charge in [-0.3, -0.25) is 4.79 Å². The van der Waals surface area contributed by atoms with Crippen molar-refractivity contribution in [1.29, 1.82) is 0 Å². The molecule has 1 aromatic carbocycles. The van der Waals surface area contributed by atoms with Crippen molar-refractivity contribution in [2.24, 2.45) is 0 Å². The molecule has 0 aliphatic heterocycles. The lowest BCUT2D eigenvalue weighted by Gasteiger charge is -2.37. The largest absolute Gasteiger partial charge is 0.497 e. The maximum absolute atomic E-state index is 12.5. The monoisotopic (exact) mass is 261 g/mol. The molecule has 0 heterocycles. The summed E-state index contributed by atoms with van der Waals surface area (Å²) in [6.07, 6.45) is 4.74. The van der Waals surface area contributed by atoms with E-state index >= 15 is 0 Å². The molecule has 1 saturated carbocycles. The lowest BCUT2D eigenvalue weighted by molar-refractivity contribution is -0.128. The van der Waals surface area contributed by atoms with Gasteiger partial charge in [-0.1, -0.05) is 25.5 Å². The third-order valence-electron chi connectivity index (χ3n) is 3.94. The van der Waals surface area contributed by atoms with Crippen molar-refractivity contribution in [2.45, 2.75) is 44.6 Å². The summed E-state index contributed by atoms with van der Waals surface area (Å²) in [4.78, 5) is 12.5. The summed E-state index contributed by atoms with van der Waals surface area (Å²) in [5.41, 5.74) is 0.604. The lowest BCUT2D eigenvalue weighted by Crippen LogP contribution is -2.51. The molecule has 1 atom stereocenters. The van der Waals surface area contributed by atoms with E-state index in [1.165, 1.54) is 0 Å². The predicted molar refractivity (Wildman–Crippen MR) is 76.4 cm³/mol. The van der Waals surface area contributed by atoms with Gasteiger partial charge in [-0.25, -0.2) is 0 Å². The standard InChI is InChI=1S/C16H23NO2/c1-3-12-17-16(11-5-4-6-15(16)18)13-7-9-14(19-2)10-8-13/h7-10,17H,3-6,11-12H2,1-2H3/t16-/m0/s1. The number of rotatable bonds is 5. The van der Waals surface area contributed by atoms with E-state index in [2.05, 4.69) is 12.2 Å². The molecule has 1 fully saturated rings. The number of hydrogen-bond donors (Lipinski definition) is 1. The number of Topliss-reactive ketones (excluding diaryl/α,β-unsaturated/α-hetero) is 1. The molecule has 1 N–H and O–H groups in total. The summed E-state index contributed by atoms with van der Waals surface area (Å²) in [6.45, 7) is 3.00. The van der Waals surface area contributed by atoms with Gasteiger partial charge in [0.05, 0.1) is 7.11 Å². The molecule has 104 valence electrons. The van der Waals surface area contributed by atoms with Gasteiger partial charge in [0.2, 0.25) is 0 Å². The summed E-state index contributed by atoms with van der Waals surface area (Å²) in [5, 5.41) is 3.50. The number of benzene rings is 1. The highest BCUT2D eigenvalue weighted by molar-refractivity contribution is 5.90. The van der Waals surface area contributed by atoms with E-state index in [0.717, 1.165) is 43.5 Å². The highest BCUT2D eigenvalue weighted by atomic mass is 16.5. The zero-order chi connectivity index (χ0) is 13.7. The van der Waals surface area contributed by atoms with Crippen molar-refractivity contribution in [3.8, 4) is 5.75 Å². The molecule has 3 nitrogen and oxygen atoms in total. The molecule has 0 spiro atoms. The third-order valence-corrected chi connectivity index (χ3v) is 3.94. The zero-order valence-electron chi connectivity index (χ0n) is 11.9. The van der Waals surface area contributed by atoms with Crippen LogP contribution in [-0.4, -0.2) is 19.4 Å². The number of ketones is 1. The number of carbonyl (C=O) groups is 1. The van der Waals surface area contributed by atoms with Crippen LogP contribution in [0.3, 0.4) is 0 Å². The molecule has 0 bridgehead atoms. The molecule has 3 heteroatoms. The van der Waals surface area contributed by atoms with E-state index in [1.807, 2.05) is 24.3 Å². The average Bonchev–Trinajstić information content (AvgIpc) is 2.47. The fraction of sp³-hybridized carbons (Fsp3) is 0.562. The Kier molecular flexibility index (Phi) is 4.59. The van der Waals surface area contributed by atoms with Crippen LogP contribution in [0.2, 0.25) is 0 Å². The van der Waals surface area contributed by atoms with Crippen molar-refractivity contribution in [3.05, 3.63) is 29.8 Å². The maximum Gasteiger partial charge on any atom is 0.157 e. The summed E-state index contributed by atoms with van der Waals surface area (Å²) < 4.78 is 5.19. The summed E-state index contributed by atoms with van der Waals surface area (Å²) in [6, 6.07) is 7.91. The first kappa shape index (κ1) is 14.1. The zero-order valence-corrected chi connectivity index (χ0v) is 11.9. The Morgan fingerprint density at radius 3 is 2.58 bits per heavy atom. The Balaban J connectivity index is 2.32. The van der Waals surface area contributed by atoms with Gasteiger partial charge in [-0.05, 0) is 43.5 Å². The maximum atomic E-state index is 12.5. The second kappa shape index (κ2) is 6.20. The molecule has 0 unspecified atom stereocenters. The van der Waals surface area contributed by atoms with E-state index in [1.54, 1.807) is 7.11 Å². The van der Waals surface area contributed by atoms with Crippen LogP contribution >= 0.6 is 0 Å². The van der Waals surface area contributed by atoms with Crippen molar-refractivity contribution < 1.29 is 9.53 Å². The second-order valence-corrected chi connectivity index (χ2v) is 5.19. The summed E-state index contributed by atoms with van der Waals surface area (Å²) in [5.74, 6) is 1.16. The molecule has 1 aliphatic rings. The van der Waals surface area contributed by atoms with Crippen molar-refractivity contribution in [3.63, 3.8) is 0 Å². The van der Waals surface area contributed by atoms with Gasteiger partial charge in [0, 0.05) is 6.42 Å². The highest BCUT2D eigenvalue weighted by Gasteiger charge is 2.40. The first-order valence-electron chi connectivity index (χ1n) is 7.16. The van der Waals surface area contributed by atoms with E-state index in [0.29, 0.717) is 12.2 Å². The van der Waals surface area contributed by atoms with Gasteiger partial charge in [0.15, 0.2) is 5.78 Å². The van der Waals surface area contributed by atoms with Crippen LogP contribution in [0.4, 0.5) is 0 Å². The number of methoxy groups -OCH3 is 1. The van der Waals surface area contributed by atoms with Gasteiger partial charge in [0.1, 0.15) is 11.3 Å². The Bertz CT molecular complexity index is 427. The van der Waals surface area contributed by atoms with Gasteiger partial charge < -0.3 is 10.1 Å². The second-order valence-electron chi connectivity index (χ2n) is 5.19. The molecule has 1 aliphatic carbocycles. The van der Waals surface area contributed by atoms with Crippen molar-refractivity contribution in [2.75, 3.05) is 13.7 Å². The fourth-order valence-corrected chi connectivity index (χ4v) is 2.84. The van der Waals surface area contributed by atoms with Crippen LogP contribution < -0.4 is 10.1 Å². The van der Waals surface area contributed by atoms with E-state index in [-0.39, 0.29) is 0 Å². The number of carbonyl (C=O) groups excluding carboxylic acids is 1. The van der Waals surface area contributed by atoms with Crippen LogP contribution in [0.5, 0.6) is 5.75 Å². The van der Waals surface area contributed by atoms with Crippen LogP contribution in [0.1, 0.15) is 44.6 Å². The quantitative estimate of drug-likeness (QED) is 0.885. The molecule has 0 saturated heterocycles. The third kappa shape index (κ3) is 2.81. The van der Waals surface area contributed by atoms with E-state index < -0.39 is 5.54 Å². The molecular weight excluding hydrogens is 238 g/mol. The highest BCUT2D eigenvalue weighted by Crippen LogP contribution is 2.35. The molecule has 0 aromatic heterocycles. The van der Waals surface area contributed by atoms with E-state index in [9.17, 15) is 4.79 Å². The first-order chi connectivity index (χ1) is 9.23. The van der Waals surface area contributed by atoms with E-state index in [4.69, 9.17) is 4.74 Å².